The van der Waals surface area contributed by atoms with E-state index in [2.05, 4.69) is 19.9 Å². The summed E-state index contributed by atoms with van der Waals surface area (Å²) in [4.78, 5) is 31.9. The van der Waals surface area contributed by atoms with Gasteiger partial charge < -0.3 is 4.90 Å². The highest BCUT2D eigenvalue weighted by Crippen LogP contribution is 2.23. The minimum absolute atomic E-state index is 0.0481. The summed E-state index contributed by atoms with van der Waals surface area (Å²) in [6.07, 6.45) is 8.26. The van der Waals surface area contributed by atoms with Gasteiger partial charge in [0, 0.05) is 48.5 Å². The topological polar surface area (TPSA) is 71.9 Å². The predicted molar refractivity (Wildman–Crippen MR) is 87.9 cm³/mol. The number of hydrogen-bond donors (Lipinski definition) is 0. The number of amides is 1. The molecule has 0 fully saturated rings. The van der Waals surface area contributed by atoms with E-state index in [1.54, 1.807) is 48.4 Å². The molecule has 3 aromatic heterocycles. The Morgan fingerprint density at radius 3 is 2.57 bits per heavy atom. The number of hydrogen-bond acceptors (Lipinski definition) is 6. The highest BCUT2D eigenvalue weighted by atomic mass is 32.1. The maximum Gasteiger partial charge on any atom is 0.257 e. The Labute approximate surface area is 137 Å². The number of nitrogens with zero attached hydrogens (tertiary/aromatic N) is 5. The van der Waals surface area contributed by atoms with E-state index in [9.17, 15) is 4.79 Å². The molecule has 6 nitrogen and oxygen atoms in total. The minimum Gasteiger partial charge on any atom is -0.334 e. The van der Waals surface area contributed by atoms with E-state index in [-0.39, 0.29) is 11.9 Å². The fourth-order valence-corrected chi connectivity index (χ4v) is 2.81. The molecule has 0 spiro atoms. The molecule has 23 heavy (non-hydrogen) atoms. The number of rotatable bonds is 4. The van der Waals surface area contributed by atoms with E-state index in [0.29, 0.717) is 11.4 Å². The summed E-state index contributed by atoms with van der Waals surface area (Å²) >= 11 is 1.53. The first-order valence-corrected chi connectivity index (χ1v) is 7.93. The molecule has 1 amide bonds. The Morgan fingerprint density at radius 2 is 1.96 bits per heavy atom. The average Bonchev–Trinajstić information content (AvgIpc) is 3.15. The first-order chi connectivity index (χ1) is 11.2. The Balaban J connectivity index is 1.78. The van der Waals surface area contributed by atoms with Gasteiger partial charge in [-0.05, 0) is 19.1 Å². The van der Waals surface area contributed by atoms with Crippen molar-refractivity contribution in [3.05, 3.63) is 59.1 Å². The molecule has 0 aliphatic heterocycles. The zero-order valence-corrected chi connectivity index (χ0v) is 13.6. The summed E-state index contributed by atoms with van der Waals surface area (Å²) in [7, 11) is 1.77. The third-order valence-electron chi connectivity index (χ3n) is 3.58. The first kappa shape index (κ1) is 15.2. The van der Waals surface area contributed by atoms with Crippen LogP contribution in [0, 0.1) is 0 Å². The second-order valence-electron chi connectivity index (χ2n) is 5.03. The van der Waals surface area contributed by atoms with Crippen LogP contribution in [-0.4, -0.2) is 37.8 Å². The van der Waals surface area contributed by atoms with Crippen molar-refractivity contribution in [3.63, 3.8) is 0 Å². The second kappa shape index (κ2) is 6.62. The molecule has 0 saturated heterocycles. The minimum atomic E-state index is -0.122. The summed E-state index contributed by atoms with van der Waals surface area (Å²) < 4.78 is 0. The molecule has 0 radical (unpaired) electrons. The lowest BCUT2D eigenvalue weighted by atomic mass is 10.2. The van der Waals surface area contributed by atoms with Gasteiger partial charge in [-0.15, -0.1) is 11.3 Å². The van der Waals surface area contributed by atoms with Gasteiger partial charge >= 0.3 is 0 Å². The molecule has 0 N–H and O–H groups in total. The van der Waals surface area contributed by atoms with Crippen molar-refractivity contribution < 1.29 is 4.79 Å². The number of pyridine rings is 1. The average molecular weight is 325 g/mol. The van der Waals surface area contributed by atoms with Gasteiger partial charge in [0.05, 0.1) is 17.1 Å². The van der Waals surface area contributed by atoms with Gasteiger partial charge in [-0.3, -0.25) is 14.8 Å². The molecule has 116 valence electrons. The van der Waals surface area contributed by atoms with E-state index in [1.807, 2.05) is 19.1 Å². The van der Waals surface area contributed by atoms with Gasteiger partial charge in [0.1, 0.15) is 0 Å². The number of carbonyl (C=O) groups is 1. The molecule has 7 heteroatoms. The van der Waals surface area contributed by atoms with Crippen LogP contribution in [0.2, 0.25) is 0 Å². The van der Waals surface area contributed by atoms with Crippen LogP contribution in [0.5, 0.6) is 0 Å². The van der Waals surface area contributed by atoms with Crippen molar-refractivity contribution in [1.29, 1.82) is 0 Å². The summed E-state index contributed by atoms with van der Waals surface area (Å²) in [5.74, 6) is 0.427. The second-order valence-corrected chi connectivity index (χ2v) is 5.95. The monoisotopic (exact) mass is 325 g/mol. The summed E-state index contributed by atoms with van der Waals surface area (Å²) in [6.45, 7) is 1.97. The maximum absolute atomic E-state index is 12.5. The van der Waals surface area contributed by atoms with Crippen LogP contribution in [-0.2, 0) is 0 Å². The smallest absolute Gasteiger partial charge is 0.257 e. The van der Waals surface area contributed by atoms with Crippen LogP contribution in [0.15, 0.2) is 48.6 Å². The van der Waals surface area contributed by atoms with Crippen LogP contribution in [0.1, 0.15) is 28.2 Å². The SMILES string of the molecule is CC(c1cncs1)N(C)C(=O)c1cnc(-c2cccnc2)nc1. The predicted octanol–water partition coefficient (Wildman–Crippen LogP) is 2.83. The van der Waals surface area contributed by atoms with Crippen molar-refractivity contribution in [1.82, 2.24) is 24.8 Å². The lowest BCUT2D eigenvalue weighted by Gasteiger charge is -2.23. The molecular weight excluding hydrogens is 310 g/mol. The van der Waals surface area contributed by atoms with E-state index in [1.165, 1.54) is 11.3 Å². The zero-order valence-electron chi connectivity index (χ0n) is 12.7. The fraction of sp³-hybridized carbons (Fsp3) is 0.188. The normalized spacial score (nSPS) is 11.9. The van der Waals surface area contributed by atoms with Gasteiger partial charge in [0.15, 0.2) is 5.82 Å². The molecule has 0 saturated carbocycles. The van der Waals surface area contributed by atoms with Crippen molar-refractivity contribution in [3.8, 4) is 11.4 Å². The van der Waals surface area contributed by atoms with Crippen molar-refractivity contribution >= 4 is 17.2 Å². The Kier molecular flexibility index (Phi) is 4.38. The molecule has 3 heterocycles. The Morgan fingerprint density at radius 1 is 1.17 bits per heavy atom. The molecule has 0 aliphatic carbocycles. The third kappa shape index (κ3) is 3.24. The van der Waals surface area contributed by atoms with Gasteiger partial charge in [0.2, 0.25) is 0 Å². The maximum atomic E-state index is 12.5. The molecule has 1 atom stereocenters. The van der Waals surface area contributed by atoms with Gasteiger partial charge in [-0.1, -0.05) is 0 Å². The quantitative estimate of drug-likeness (QED) is 0.737. The number of thiazole rings is 1. The fourth-order valence-electron chi connectivity index (χ4n) is 2.08. The molecular formula is C16H15N5OS. The molecule has 0 aliphatic rings. The van der Waals surface area contributed by atoms with E-state index < -0.39 is 0 Å². The van der Waals surface area contributed by atoms with Crippen LogP contribution < -0.4 is 0 Å². The molecule has 0 bridgehead atoms. The highest BCUT2D eigenvalue weighted by Gasteiger charge is 2.20. The molecule has 0 aromatic carbocycles. The lowest BCUT2D eigenvalue weighted by molar-refractivity contribution is 0.0744. The first-order valence-electron chi connectivity index (χ1n) is 7.05. The standard InChI is InChI=1S/C16H15N5OS/c1-11(14-9-18-10-23-14)21(2)16(22)13-7-19-15(20-8-13)12-4-3-5-17-6-12/h3-11H,1-2H3. The molecule has 3 rings (SSSR count). The highest BCUT2D eigenvalue weighted by molar-refractivity contribution is 7.09. The van der Waals surface area contributed by atoms with Crippen molar-refractivity contribution in [2.45, 2.75) is 13.0 Å². The van der Waals surface area contributed by atoms with E-state index in [4.69, 9.17) is 0 Å². The van der Waals surface area contributed by atoms with Crippen molar-refractivity contribution in [2.75, 3.05) is 7.05 Å². The van der Waals surface area contributed by atoms with Crippen LogP contribution in [0.4, 0.5) is 0 Å². The van der Waals surface area contributed by atoms with Crippen molar-refractivity contribution in [2.24, 2.45) is 0 Å². The zero-order chi connectivity index (χ0) is 16.2. The lowest BCUT2D eigenvalue weighted by Crippen LogP contribution is -2.29. The summed E-state index contributed by atoms with van der Waals surface area (Å²) in [6, 6.07) is 3.65. The third-order valence-corrected chi connectivity index (χ3v) is 4.53. The van der Waals surface area contributed by atoms with Gasteiger partial charge in [0.25, 0.3) is 5.91 Å². The Hall–Kier alpha value is -2.67. The van der Waals surface area contributed by atoms with Crippen LogP contribution >= 0.6 is 11.3 Å². The van der Waals surface area contributed by atoms with E-state index >= 15 is 0 Å². The summed E-state index contributed by atoms with van der Waals surface area (Å²) in [5, 5.41) is 0. The summed E-state index contributed by atoms with van der Waals surface area (Å²) in [5.41, 5.74) is 3.03. The van der Waals surface area contributed by atoms with Crippen LogP contribution in [0.25, 0.3) is 11.4 Å². The largest absolute Gasteiger partial charge is 0.334 e. The van der Waals surface area contributed by atoms with Gasteiger partial charge in [-0.25, -0.2) is 9.97 Å². The molecule has 1 unspecified atom stereocenters. The number of carbonyl (C=O) groups excluding carboxylic acids is 1. The van der Waals surface area contributed by atoms with Gasteiger partial charge in [-0.2, -0.15) is 0 Å². The van der Waals surface area contributed by atoms with E-state index in [0.717, 1.165) is 10.4 Å². The Bertz CT molecular complexity index is 774. The van der Waals surface area contributed by atoms with Crippen LogP contribution in [0.3, 0.4) is 0 Å². The number of aromatic nitrogens is 4. The molecule has 3 aromatic rings.